The zero-order chi connectivity index (χ0) is 31.9. The highest BCUT2D eigenvalue weighted by Crippen LogP contribution is 2.32. The Balaban J connectivity index is 0.000000896. The Morgan fingerprint density at radius 1 is 0.435 bits per heavy atom. The number of para-hydroxylation sites is 2. The van der Waals surface area contributed by atoms with Gasteiger partial charge in [0.25, 0.3) is 0 Å². The van der Waals surface area contributed by atoms with Gasteiger partial charge >= 0.3 is 0 Å². The Hall–Kier alpha value is -5.19. The summed E-state index contributed by atoms with van der Waals surface area (Å²) in [4.78, 5) is 19.2. The average Bonchev–Trinajstić information content (AvgIpc) is 3.74. The second kappa shape index (κ2) is 14.3. The van der Waals surface area contributed by atoms with Gasteiger partial charge in [-0.15, -0.1) is 0 Å². The molecule has 4 aromatic carbocycles. The van der Waals surface area contributed by atoms with Gasteiger partial charge in [0.15, 0.2) is 11.3 Å². The van der Waals surface area contributed by atoms with E-state index in [1.165, 1.54) is 0 Å². The molecular weight excluding hydrogens is 683 g/mol. The van der Waals surface area contributed by atoms with Crippen LogP contribution in [0.3, 0.4) is 0 Å². The Morgan fingerprint density at radius 3 is 1.15 bits per heavy atom. The Kier molecular flexibility index (Phi) is 9.56. The average molecular weight is 715 g/mol. The highest BCUT2D eigenvalue weighted by molar-refractivity contribution is 14.1. The van der Waals surface area contributed by atoms with Crippen LogP contribution in [-0.2, 0) is 0 Å². The van der Waals surface area contributed by atoms with E-state index in [-0.39, 0.29) is 0 Å². The van der Waals surface area contributed by atoms with E-state index in [1.807, 2.05) is 86.9 Å². The molecule has 1 N–H and O–H groups in total. The van der Waals surface area contributed by atoms with E-state index in [0.29, 0.717) is 0 Å². The molecule has 4 aromatic heterocycles. The van der Waals surface area contributed by atoms with Gasteiger partial charge in [-0.1, -0.05) is 98.8 Å². The molecule has 0 amide bonds. The zero-order valence-corrected chi connectivity index (χ0v) is 27.5. The van der Waals surface area contributed by atoms with Gasteiger partial charge in [-0.25, -0.2) is 19.9 Å². The third-order valence-electron chi connectivity index (χ3n) is 7.48. The lowest BCUT2D eigenvalue weighted by atomic mass is 10.0. The molecule has 46 heavy (non-hydrogen) atoms. The number of pyridine rings is 2. The van der Waals surface area contributed by atoms with E-state index >= 15 is 0 Å². The van der Waals surface area contributed by atoms with E-state index in [9.17, 15) is 0 Å². The van der Waals surface area contributed by atoms with Gasteiger partial charge in [-0.2, -0.15) is 0 Å². The number of imidazole rings is 2. The largest absolute Gasteiger partial charge is 0.331 e. The second-order valence-corrected chi connectivity index (χ2v) is 10.1. The number of rotatable bonds is 5. The highest BCUT2D eigenvalue weighted by Gasteiger charge is 2.17. The summed E-state index contributed by atoms with van der Waals surface area (Å²) in [6, 6.07) is 45.5. The number of hydrogen-bond donors (Lipinski definition) is 1. The fraction of sp³-hybridized carbons (Fsp3) is 0.0526. The van der Waals surface area contributed by atoms with Crippen molar-refractivity contribution >= 4 is 45.3 Å². The summed E-state index contributed by atoms with van der Waals surface area (Å²) in [6.07, 6.45) is 3.62. The lowest BCUT2D eigenvalue weighted by molar-refractivity contribution is 0.748. The molecule has 0 aliphatic heterocycles. The van der Waals surface area contributed by atoms with Gasteiger partial charge < -0.3 is 3.44 Å². The molecule has 8 aromatic rings. The molecule has 4 heterocycles. The monoisotopic (exact) mass is 714 g/mol. The SMILES string of the molecule is CC.OI.c1ccc(-n2c(-c3ccc(-c4ccc(-c5nc6cccnc6n5-c5ccccc5)cc4)cc3)nc3cccnc32)cc1. The molecule has 0 spiro atoms. The van der Waals surface area contributed by atoms with E-state index < -0.39 is 0 Å². The van der Waals surface area contributed by atoms with Crippen LogP contribution in [0, 0.1) is 0 Å². The molecule has 8 rings (SSSR count). The number of halogens is 1. The summed E-state index contributed by atoms with van der Waals surface area (Å²) < 4.78 is 11.2. The first-order valence-corrected chi connectivity index (χ1v) is 16.0. The number of aromatic nitrogens is 6. The lowest BCUT2D eigenvalue weighted by Gasteiger charge is -2.11. The molecule has 0 aliphatic carbocycles. The molecule has 0 unspecified atom stereocenters. The van der Waals surface area contributed by atoms with Crippen LogP contribution in [0.1, 0.15) is 13.8 Å². The Labute approximate surface area is 281 Å². The van der Waals surface area contributed by atoms with Crippen molar-refractivity contribution in [2.45, 2.75) is 13.8 Å². The van der Waals surface area contributed by atoms with Crippen LogP contribution < -0.4 is 0 Å². The molecule has 0 atom stereocenters. The van der Waals surface area contributed by atoms with Crippen LogP contribution in [0.15, 0.2) is 146 Å². The maximum Gasteiger partial charge on any atom is 0.164 e. The molecule has 226 valence electrons. The predicted molar refractivity (Wildman–Crippen MR) is 195 cm³/mol. The van der Waals surface area contributed by atoms with Crippen molar-refractivity contribution in [2.24, 2.45) is 0 Å². The summed E-state index contributed by atoms with van der Waals surface area (Å²) in [5.41, 5.74) is 9.80. The molecule has 0 radical (unpaired) electrons. The van der Waals surface area contributed by atoms with Crippen LogP contribution in [-0.4, -0.2) is 32.5 Å². The predicted octanol–water partition coefficient (Wildman–Crippen LogP) is 9.51. The molecule has 0 fully saturated rings. The highest BCUT2D eigenvalue weighted by atomic mass is 127. The van der Waals surface area contributed by atoms with Gasteiger partial charge in [0.2, 0.25) is 0 Å². The normalized spacial score (nSPS) is 10.6. The molecule has 0 bridgehead atoms. The fourth-order valence-corrected chi connectivity index (χ4v) is 5.48. The minimum absolute atomic E-state index is 0.843. The van der Waals surface area contributed by atoms with Crippen LogP contribution in [0.2, 0.25) is 0 Å². The molecule has 0 aliphatic rings. The molecule has 7 nitrogen and oxygen atoms in total. The third kappa shape index (κ3) is 5.92. The van der Waals surface area contributed by atoms with Crippen LogP contribution in [0.4, 0.5) is 0 Å². The van der Waals surface area contributed by atoms with Crippen LogP contribution in [0.25, 0.3) is 67.6 Å². The maximum atomic E-state index is 6.97. The van der Waals surface area contributed by atoms with Gasteiger partial charge in [0.05, 0.1) is 0 Å². The quantitative estimate of drug-likeness (QED) is 0.180. The summed E-state index contributed by atoms with van der Waals surface area (Å²) in [5, 5.41) is 0. The molecular formula is C38H31IN6O. The van der Waals surface area contributed by atoms with Crippen molar-refractivity contribution in [3.05, 3.63) is 146 Å². The van der Waals surface area contributed by atoms with Crippen molar-refractivity contribution in [3.8, 4) is 45.3 Å². The molecule has 0 saturated carbocycles. The fourth-order valence-electron chi connectivity index (χ4n) is 5.48. The number of hydrogen-bond acceptors (Lipinski definition) is 5. The van der Waals surface area contributed by atoms with Gasteiger partial charge in [0, 0.05) is 34.9 Å². The topological polar surface area (TPSA) is 81.6 Å². The first-order valence-electron chi connectivity index (χ1n) is 15.0. The zero-order valence-electron chi connectivity index (χ0n) is 25.4. The summed E-state index contributed by atoms with van der Waals surface area (Å²) in [5.74, 6) is 1.73. The summed E-state index contributed by atoms with van der Waals surface area (Å²) >= 11 is 1.15. The van der Waals surface area contributed by atoms with E-state index in [2.05, 4.69) is 91.9 Å². The van der Waals surface area contributed by atoms with E-state index in [1.54, 1.807) is 0 Å². The third-order valence-corrected chi connectivity index (χ3v) is 7.48. The molecule has 0 saturated heterocycles. The standard InChI is InChI=1S/C36H24N6.C2H6.HIO/c1-3-9-29(10-4-1)41-33(39-31-13-7-23-37-35(31)41)27-19-15-25(16-20-27)26-17-21-28(22-18-26)34-40-32-14-8-24-38-36(32)42(34)30-11-5-2-6-12-30;2*1-2/h1-24H;1-2H3;2H. The van der Waals surface area contributed by atoms with Crippen molar-refractivity contribution in [1.82, 2.24) is 29.1 Å². The smallest absolute Gasteiger partial charge is 0.164 e. The lowest BCUT2D eigenvalue weighted by Crippen LogP contribution is -1.98. The molecule has 8 heteroatoms. The Bertz CT molecular complexity index is 2020. The van der Waals surface area contributed by atoms with Crippen LogP contribution in [0.5, 0.6) is 0 Å². The summed E-state index contributed by atoms with van der Waals surface area (Å²) in [6.45, 7) is 4.00. The van der Waals surface area contributed by atoms with E-state index in [4.69, 9.17) is 13.4 Å². The minimum Gasteiger partial charge on any atom is -0.331 e. The number of nitrogens with zero attached hydrogens (tertiary/aromatic N) is 6. The van der Waals surface area contributed by atoms with Gasteiger partial charge in [0.1, 0.15) is 45.7 Å². The number of fused-ring (bicyclic) bond motifs is 2. The van der Waals surface area contributed by atoms with Crippen molar-refractivity contribution in [1.29, 1.82) is 0 Å². The Morgan fingerprint density at radius 2 is 0.783 bits per heavy atom. The van der Waals surface area contributed by atoms with Gasteiger partial charge in [-0.05, 0) is 59.7 Å². The maximum absolute atomic E-state index is 6.97. The van der Waals surface area contributed by atoms with Crippen molar-refractivity contribution in [3.63, 3.8) is 0 Å². The number of benzene rings is 4. The first-order chi connectivity index (χ1) is 22.8. The van der Waals surface area contributed by atoms with Crippen molar-refractivity contribution < 1.29 is 3.44 Å². The van der Waals surface area contributed by atoms with Gasteiger partial charge in [-0.3, -0.25) is 9.13 Å². The second-order valence-electron chi connectivity index (χ2n) is 10.1. The first kappa shape index (κ1) is 30.8. The van der Waals surface area contributed by atoms with E-state index in [0.717, 1.165) is 90.6 Å². The minimum atomic E-state index is 0.843. The summed E-state index contributed by atoms with van der Waals surface area (Å²) in [7, 11) is 0. The van der Waals surface area contributed by atoms with Crippen molar-refractivity contribution in [2.75, 3.05) is 0 Å². The van der Waals surface area contributed by atoms with Crippen LogP contribution >= 0.6 is 23.0 Å².